The number of amides is 2. The van der Waals surface area contributed by atoms with Gasteiger partial charge in [-0.05, 0) is 37.1 Å². The number of thioether (sulfide) groups is 1. The Morgan fingerprint density at radius 2 is 2.08 bits per heavy atom. The number of nitrogens with one attached hydrogen (secondary N) is 2. The van der Waals surface area contributed by atoms with E-state index in [1.54, 1.807) is 16.7 Å². The molecule has 1 aromatic heterocycles. The molecule has 136 valence electrons. The fraction of sp³-hybridized carbons (Fsp3) is 0.800. The maximum atomic E-state index is 12.7. The van der Waals surface area contributed by atoms with Crippen molar-refractivity contribution < 1.29 is 9.59 Å². The molecule has 10 heteroatoms. The fourth-order valence-corrected chi connectivity index (χ4v) is 5.80. The molecule has 0 bridgehead atoms. The third-order valence-electron chi connectivity index (χ3n) is 5.55. The molecule has 2 aliphatic heterocycles. The zero-order chi connectivity index (χ0) is 17.8. The van der Waals surface area contributed by atoms with Gasteiger partial charge in [0.05, 0.1) is 5.54 Å². The van der Waals surface area contributed by atoms with Gasteiger partial charge in [-0.3, -0.25) is 9.59 Å². The first-order valence-corrected chi connectivity index (χ1v) is 9.55. The van der Waals surface area contributed by atoms with E-state index in [-0.39, 0.29) is 28.0 Å². The molecule has 3 atom stereocenters. The molecule has 2 saturated heterocycles. The second-order valence-electron chi connectivity index (χ2n) is 7.71. The normalized spacial score (nSPS) is 32.8. The van der Waals surface area contributed by atoms with Crippen LogP contribution in [0.3, 0.4) is 0 Å². The quantitative estimate of drug-likeness (QED) is 0.647. The van der Waals surface area contributed by atoms with E-state index < -0.39 is 11.6 Å². The van der Waals surface area contributed by atoms with Crippen molar-refractivity contribution in [2.45, 2.75) is 73.7 Å². The number of fused-ring (bicyclic) bond motifs is 1. The number of aromatic nitrogens is 4. The number of hydrogen-bond acceptors (Lipinski definition) is 7. The van der Waals surface area contributed by atoms with Crippen molar-refractivity contribution in [3.05, 3.63) is 5.82 Å². The van der Waals surface area contributed by atoms with Gasteiger partial charge in [0.15, 0.2) is 5.82 Å². The van der Waals surface area contributed by atoms with Gasteiger partial charge in [-0.2, -0.15) is 0 Å². The lowest BCUT2D eigenvalue weighted by molar-refractivity contribution is -0.152. The van der Waals surface area contributed by atoms with E-state index in [2.05, 4.69) is 39.8 Å². The Labute approximate surface area is 149 Å². The minimum atomic E-state index is -0.841. The average molecular weight is 365 g/mol. The van der Waals surface area contributed by atoms with Crippen LogP contribution in [0.5, 0.6) is 0 Å². The van der Waals surface area contributed by atoms with Gasteiger partial charge >= 0.3 is 0 Å². The molecule has 9 nitrogen and oxygen atoms in total. The van der Waals surface area contributed by atoms with E-state index in [4.69, 9.17) is 5.73 Å². The van der Waals surface area contributed by atoms with Crippen molar-refractivity contribution >= 4 is 23.6 Å². The van der Waals surface area contributed by atoms with Gasteiger partial charge < -0.3 is 16.0 Å². The topological polar surface area (TPSA) is 130 Å². The van der Waals surface area contributed by atoms with Gasteiger partial charge in [0, 0.05) is 4.75 Å². The molecule has 0 spiro atoms. The number of carbonyl (C=O) groups is 2. The highest BCUT2D eigenvalue weighted by Gasteiger charge is 2.63. The second-order valence-corrected chi connectivity index (χ2v) is 9.49. The molecule has 4 rings (SSSR count). The van der Waals surface area contributed by atoms with Crippen molar-refractivity contribution in [1.29, 1.82) is 0 Å². The highest BCUT2D eigenvalue weighted by Crippen LogP contribution is 2.56. The van der Waals surface area contributed by atoms with Gasteiger partial charge in [0.25, 0.3) is 0 Å². The average Bonchev–Trinajstić information content (AvgIpc) is 3.17. The summed E-state index contributed by atoms with van der Waals surface area (Å²) in [6.07, 6.45) is 4.39. The maximum absolute atomic E-state index is 12.7. The van der Waals surface area contributed by atoms with Crippen LogP contribution >= 0.6 is 11.8 Å². The number of nitrogens with two attached hydrogens (primary N) is 1. The summed E-state index contributed by atoms with van der Waals surface area (Å²) >= 11 is 1.66. The molecule has 1 saturated carbocycles. The van der Waals surface area contributed by atoms with Crippen LogP contribution in [-0.4, -0.2) is 59.0 Å². The summed E-state index contributed by atoms with van der Waals surface area (Å²) in [7, 11) is 0. The van der Waals surface area contributed by atoms with Crippen molar-refractivity contribution in [2.24, 2.45) is 5.73 Å². The van der Waals surface area contributed by atoms with Crippen LogP contribution in [-0.2, 0) is 9.59 Å². The second kappa shape index (κ2) is 5.66. The predicted molar refractivity (Wildman–Crippen MR) is 91.2 cm³/mol. The molecule has 1 aliphatic carbocycles. The third-order valence-corrected chi connectivity index (χ3v) is 7.12. The number of rotatable bonds is 3. The monoisotopic (exact) mass is 365 g/mol. The van der Waals surface area contributed by atoms with Gasteiger partial charge in [-0.1, -0.05) is 19.3 Å². The summed E-state index contributed by atoms with van der Waals surface area (Å²) in [5.41, 5.74) is 5.45. The Bertz CT molecular complexity index is 686. The van der Waals surface area contributed by atoms with Gasteiger partial charge in [-0.15, -0.1) is 16.9 Å². The molecule has 1 aromatic rings. The summed E-state index contributed by atoms with van der Waals surface area (Å²) in [6.45, 7) is 4.11. The first-order valence-electron chi connectivity index (χ1n) is 8.67. The van der Waals surface area contributed by atoms with Crippen LogP contribution < -0.4 is 11.1 Å². The predicted octanol–water partition coefficient (Wildman–Crippen LogP) is 0.0809. The summed E-state index contributed by atoms with van der Waals surface area (Å²) in [5.74, 6) is 0.270. The van der Waals surface area contributed by atoms with Crippen molar-refractivity contribution in [3.8, 4) is 0 Å². The highest BCUT2D eigenvalue weighted by atomic mass is 32.2. The van der Waals surface area contributed by atoms with E-state index in [9.17, 15) is 9.59 Å². The zero-order valence-corrected chi connectivity index (χ0v) is 15.2. The first kappa shape index (κ1) is 16.8. The Balaban J connectivity index is 1.50. The van der Waals surface area contributed by atoms with Crippen LogP contribution in [0.4, 0.5) is 0 Å². The molecule has 2 unspecified atom stereocenters. The molecular weight excluding hydrogens is 342 g/mol. The molecule has 3 aliphatic rings. The van der Waals surface area contributed by atoms with E-state index in [1.165, 1.54) is 0 Å². The van der Waals surface area contributed by atoms with Crippen LogP contribution in [0.15, 0.2) is 0 Å². The van der Waals surface area contributed by atoms with E-state index in [0.29, 0.717) is 18.7 Å². The Kier molecular flexibility index (Phi) is 3.80. The Hall–Kier alpha value is -1.68. The molecule has 3 fully saturated rings. The van der Waals surface area contributed by atoms with Gasteiger partial charge in [-0.25, -0.2) is 5.10 Å². The number of H-pyrrole nitrogens is 1. The molecular formula is C15H23N7O2S. The van der Waals surface area contributed by atoms with Crippen LogP contribution in [0.2, 0.25) is 0 Å². The molecule has 4 N–H and O–H groups in total. The van der Waals surface area contributed by atoms with Crippen LogP contribution in [0, 0.1) is 0 Å². The van der Waals surface area contributed by atoms with Crippen molar-refractivity contribution in [3.63, 3.8) is 0 Å². The van der Waals surface area contributed by atoms with Crippen LogP contribution in [0.1, 0.15) is 57.8 Å². The van der Waals surface area contributed by atoms with Crippen LogP contribution in [0.25, 0.3) is 0 Å². The van der Waals surface area contributed by atoms with E-state index in [1.807, 2.05) is 0 Å². The zero-order valence-electron chi connectivity index (χ0n) is 14.4. The lowest BCUT2D eigenvalue weighted by Crippen LogP contribution is -2.70. The fourth-order valence-electron chi connectivity index (χ4n) is 4.17. The minimum Gasteiger partial charge on any atom is -0.340 e. The standard InChI is InChI=1S/C15H23N7O2S/c1-14(2)9(10-18-20-21-19-10)22-11(23)8(12(22)25-14)17-13(24)15(16)6-4-3-5-7-15/h8-9,12H,3-7,16H2,1-2H3,(H,17,24)(H,18,19,20,21)/t8?,9?,12-/m0/s1. The minimum absolute atomic E-state index is 0.0998. The number of aromatic amines is 1. The van der Waals surface area contributed by atoms with E-state index in [0.717, 1.165) is 19.3 Å². The summed E-state index contributed by atoms with van der Waals surface area (Å²) in [4.78, 5) is 27.2. The highest BCUT2D eigenvalue weighted by molar-refractivity contribution is 8.01. The van der Waals surface area contributed by atoms with Crippen molar-refractivity contribution in [2.75, 3.05) is 0 Å². The molecule has 0 radical (unpaired) electrons. The maximum Gasteiger partial charge on any atom is 0.249 e. The first-order chi connectivity index (χ1) is 11.8. The summed E-state index contributed by atoms with van der Waals surface area (Å²) in [5, 5.41) is 16.8. The molecule has 2 amide bonds. The summed E-state index contributed by atoms with van der Waals surface area (Å²) < 4.78 is -0.258. The Morgan fingerprint density at radius 3 is 2.72 bits per heavy atom. The lowest BCUT2D eigenvalue weighted by atomic mass is 9.81. The van der Waals surface area contributed by atoms with Gasteiger partial charge in [0.1, 0.15) is 17.5 Å². The lowest BCUT2D eigenvalue weighted by Gasteiger charge is -2.45. The number of hydrogen-bond donors (Lipinski definition) is 3. The third kappa shape index (κ3) is 2.53. The van der Waals surface area contributed by atoms with E-state index >= 15 is 0 Å². The van der Waals surface area contributed by atoms with Gasteiger partial charge in [0.2, 0.25) is 11.8 Å². The smallest absolute Gasteiger partial charge is 0.249 e. The summed E-state index contributed by atoms with van der Waals surface area (Å²) in [6, 6.07) is -0.764. The molecule has 0 aromatic carbocycles. The number of tetrazole rings is 1. The number of β-lactam (4-membered cyclic amide) rings is 1. The molecule has 3 heterocycles. The number of carbonyl (C=O) groups excluding carboxylic acids is 2. The molecule has 25 heavy (non-hydrogen) atoms. The Morgan fingerprint density at radius 1 is 1.36 bits per heavy atom. The van der Waals surface area contributed by atoms with Crippen molar-refractivity contribution in [1.82, 2.24) is 30.8 Å². The SMILES string of the molecule is CC1(C)S[C@H]2C(NC(=O)C3(N)CCCCC3)C(=O)N2C1c1nnn[nH]1. The number of nitrogens with zero attached hydrogens (tertiary/aromatic N) is 4. The largest absolute Gasteiger partial charge is 0.340 e.